The van der Waals surface area contributed by atoms with Crippen molar-refractivity contribution in [2.45, 2.75) is 38.3 Å². The lowest BCUT2D eigenvalue weighted by molar-refractivity contribution is -0.0340. The van der Waals surface area contributed by atoms with Gasteiger partial charge in [0.2, 0.25) is 0 Å². The zero-order chi connectivity index (χ0) is 7.52. The van der Waals surface area contributed by atoms with Crippen molar-refractivity contribution in [2.75, 3.05) is 13.2 Å². The normalized spacial score (nSPS) is 31.5. The van der Waals surface area contributed by atoms with Crippen LogP contribution in [0, 0.1) is 5.92 Å². The molecule has 0 spiro atoms. The second-order valence-electron chi connectivity index (χ2n) is 3.64. The molecular weight excluding hydrogens is 174 g/mol. The summed E-state index contributed by atoms with van der Waals surface area (Å²) in [5.41, 5.74) is 0. The Morgan fingerprint density at radius 2 is 1.83 bits per heavy atom. The number of ether oxygens (including phenoxy) is 1. The van der Waals surface area contributed by atoms with Crippen LogP contribution in [-0.2, 0) is 4.74 Å². The molecule has 0 bridgehead atoms. The molecule has 2 rings (SSSR count). The molecule has 72 valence electrons. The molecule has 1 N–H and O–H groups in total. The first-order valence-corrected chi connectivity index (χ1v) is 4.82. The van der Waals surface area contributed by atoms with E-state index in [-0.39, 0.29) is 12.4 Å². The third-order valence-corrected chi connectivity index (χ3v) is 2.79. The summed E-state index contributed by atoms with van der Waals surface area (Å²) in [6.07, 6.45) is 7.14. The Balaban J connectivity index is 0.000000720. The van der Waals surface area contributed by atoms with Crippen LogP contribution in [0.4, 0.5) is 0 Å². The smallest absolute Gasteiger partial charge is 0.110 e. The van der Waals surface area contributed by atoms with Crippen molar-refractivity contribution in [1.29, 1.82) is 0 Å². The average Bonchev–Trinajstić information content (AvgIpc) is 2.58. The topological polar surface area (TPSA) is 21.3 Å². The Kier molecular flexibility index (Phi) is 4.33. The van der Waals surface area contributed by atoms with Crippen molar-refractivity contribution in [2.24, 2.45) is 5.92 Å². The van der Waals surface area contributed by atoms with Crippen molar-refractivity contribution < 1.29 is 4.74 Å². The van der Waals surface area contributed by atoms with E-state index in [0.717, 1.165) is 19.1 Å². The van der Waals surface area contributed by atoms with Crippen LogP contribution in [0.3, 0.4) is 0 Å². The Morgan fingerprint density at radius 3 is 2.42 bits per heavy atom. The van der Waals surface area contributed by atoms with Crippen LogP contribution < -0.4 is 5.32 Å². The minimum atomic E-state index is 0. The quantitative estimate of drug-likeness (QED) is 0.684. The number of nitrogens with one attached hydrogen (secondary N) is 1. The molecule has 1 aliphatic heterocycles. The van der Waals surface area contributed by atoms with Crippen molar-refractivity contribution in [3.8, 4) is 0 Å². The van der Waals surface area contributed by atoms with Crippen LogP contribution in [-0.4, -0.2) is 19.4 Å². The molecule has 1 aliphatic carbocycles. The van der Waals surface area contributed by atoms with E-state index in [2.05, 4.69) is 5.32 Å². The highest BCUT2D eigenvalue weighted by molar-refractivity contribution is 5.85. The van der Waals surface area contributed by atoms with Gasteiger partial charge in [-0.1, -0.05) is 12.8 Å². The summed E-state index contributed by atoms with van der Waals surface area (Å²) in [5, 5.41) is 3.44. The van der Waals surface area contributed by atoms with Gasteiger partial charge in [0, 0.05) is 6.61 Å². The molecular formula is C9H18ClNO. The van der Waals surface area contributed by atoms with E-state index in [4.69, 9.17) is 4.74 Å². The zero-order valence-electron chi connectivity index (χ0n) is 7.42. The van der Waals surface area contributed by atoms with Gasteiger partial charge < -0.3 is 4.74 Å². The van der Waals surface area contributed by atoms with E-state index < -0.39 is 0 Å². The van der Waals surface area contributed by atoms with Crippen LogP contribution in [0.2, 0.25) is 0 Å². The third kappa shape index (κ3) is 2.35. The maximum absolute atomic E-state index is 5.65. The van der Waals surface area contributed by atoms with E-state index in [0.29, 0.717) is 6.23 Å². The number of hydrogen-bond donors (Lipinski definition) is 1. The first-order valence-electron chi connectivity index (χ1n) is 4.82. The molecule has 2 nitrogen and oxygen atoms in total. The number of rotatable bonds is 1. The van der Waals surface area contributed by atoms with Crippen LogP contribution >= 0.6 is 12.4 Å². The number of hydrogen-bond acceptors (Lipinski definition) is 2. The molecule has 0 amide bonds. The van der Waals surface area contributed by atoms with E-state index in [1.54, 1.807) is 0 Å². The van der Waals surface area contributed by atoms with Gasteiger partial charge in [-0.05, 0) is 31.7 Å². The highest BCUT2D eigenvalue weighted by atomic mass is 35.5. The third-order valence-electron chi connectivity index (χ3n) is 2.79. The molecule has 2 aliphatic rings. The largest absolute Gasteiger partial charge is 0.363 e. The van der Waals surface area contributed by atoms with E-state index in [1.165, 1.54) is 32.1 Å². The monoisotopic (exact) mass is 191 g/mol. The lowest BCUT2D eigenvalue weighted by Gasteiger charge is -2.28. The number of halogens is 1. The highest BCUT2D eigenvalue weighted by Crippen LogP contribution is 2.28. The first kappa shape index (κ1) is 10.3. The highest BCUT2D eigenvalue weighted by Gasteiger charge is 2.26. The van der Waals surface area contributed by atoms with Gasteiger partial charge >= 0.3 is 0 Å². The summed E-state index contributed by atoms with van der Waals surface area (Å²) in [4.78, 5) is 0. The Hall–Kier alpha value is 0.210. The molecule has 3 heteroatoms. The summed E-state index contributed by atoms with van der Waals surface area (Å²) in [6.45, 7) is 2.12. The lowest BCUT2D eigenvalue weighted by atomic mass is 10.1. The van der Waals surface area contributed by atoms with Crippen LogP contribution in [0.1, 0.15) is 32.1 Å². The Morgan fingerprint density at radius 1 is 1.08 bits per heavy atom. The fraction of sp³-hybridized carbons (Fsp3) is 1.00. The minimum absolute atomic E-state index is 0. The van der Waals surface area contributed by atoms with Gasteiger partial charge in [0.1, 0.15) is 6.23 Å². The second-order valence-corrected chi connectivity index (χ2v) is 3.64. The van der Waals surface area contributed by atoms with Gasteiger partial charge in [-0.25, -0.2) is 0 Å². The van der Waals surface area contributed by atoms with Gasteiger partial charge in [-0.2, -0.15) is 0 Å². The molecule has 2 fully saturated rings. The van der Waals surface area contributed by atoms with E-state index >= 15 is 0 Å². The van der Waals surface area contributed by atoms with E-state index in [9.17, 15) is 0 Å². The van der Waals surface area contributed by atoms with E-state index in [1.807, 2.05) is 0 Å². The average molecular weight is 192 g/mol. The summed E-state index contributed by atoms with van der Waals surface area (Å²) < 4.78 is 5.65. The fourth-order valence-corrected chi connectivity index (χ4v) is 2.15. The predicted octanol–water partition coefficient (Wildman–Crippen LogP) is 1.93. The molecule has 1 atom stereocenters. The Labute approximate surface area is 80.5 Å². The molecule has 1 saturated carbocycles. The predicted molar refractivity (Wildman–Crippen MR) is 51.6 cm³/mol. The zero-order valence-corrected chi connectivity index (χ0v) is 8.24. The molecule has 1 heterocycles. The van der Waals surface area contributed by atoms with Crippen LogP contribution in [0.15, 0.2) is 0 Å². The molecule has 0 radical (unpaired) electrons. The summed E-state index contributed by atoms with van der Waals surface area (Å²) in [6, 6.07) is 0. The van der Waals surface area contributed by atoms with Crippen molar-refractivity contribution in [1.82, 2.24) is 5.32 Å². The van der Waals surface area contributed by atoms with Gasteiger partial charge in [-0.15, -0.1) is 12.4 Å². The van der Waals surface area contributed by atoms with Gasteiger partial charge in [0.05, 0.1) is 0 Å². The lowest BCUT2D eigenvalue weighted by Crippen LogP contribution is -2.42. The standard InChI is InChI=1S/C9H17NO.ClH/c1-2-5-8(4-1)9-10-6-3-7-11-9;/h8-10H,1-7H2;1H. The maximum atomic E-state index is 5.65. The van der Waals surface area contributed by atoms with Gasteiger partial charge in [0.25, 0.3) is 0 Å². The van der Waals surface area contributed by atoms with Crippen molar-refractivity contribution in [3.05, 3.63) is 0 Å². The second kappa shape index (κ2) is 5.05. The molecule has 0 aromatic rings. The van der Waals surface area contributed by atoms with Gasteiger partial charge in [-0.3, -0.25) is 5.32 Å². The van der Waals surface area contributed by atoms with Gasteiger partial charge in [0.15, 0.2) is 0 Å². The fourth-order valence-electron chi connectivity index (χ4n) is 2.15. The molecule has 0 aromatic heterocycles. The van der Waals surface area contributed by atoms with Crippen molar-refractivity contribution >= 4 is 12.4 Å². The molecule has 12 heavy (non-hydrogen) atoms. The van der Waals surface area contributed by atoms with Crippen molar-refractivity contribution in [3.63, 3.8) is 0 Å². The maximum Gasteiger partial charge on any atom is 0.110 e. The summed E-state index contributed by atoms with van der Waals surface area (Å²) in [7, 11) is 0. The SMILES string of the molecule is C1CNC(C2CCCC2)OC1.Cl. The first-order chi connectivity index (χ1) is 5.47. The molecule has 1 saturated heterocycles. The minimum Gasteiger partial charge on any atom is -0.363 e. The molecule has 1 unspecified atom stereocenters. The summed E-state index contributed by atoms with van der Waals surface area (Å²) in [5.74, 6) is 0.815. The van der Waals surface area contributed by atoms with Crippen LogP contribution in [0.5, 0.6) is 0 Å². The Bertz CT molecular complexity index is 120. The van der Waals surface area contributed by atoms with Crippen LogP contribution in [0.25, 0.3) is 0 Å². The molecule has 0 aromatic carbocycles. The summed E-state index contributed by atoms with van der Waals surface area (Å²) >= 11 is 0.